The molecule has 0 aliphatic rings. The molecular weight excluding hydrogens is 258 g/mol. The van der Waals surface area contributed by atoms with Crippen molar-refractivity contribution in [2.75, 3.05) is 12.4 Å². The van der Waals surface area contributed by atoms with Gasteiger partial charge in [0, 0.05) is 25.6 Å². The molecule has 2 heterocycles. The molecule has 1 unspecified atom stereocenters. The van der Waals surface area contributed by atoms with Crippen molar-refractivity contribution >= 4 is 17.5 Å². The molecule has 0 saturated carbocycles. The van der Waals surface area contributed by atoms with E-state index in [2.05, 4.69) is 15.7 Å². The first-order valence-electron chi connectivity index (χ1n) is 6.26. The highest BCUT2D eigenvalue weighted by atomic mass is 16.2. The summed E-state index contributed by atoms with van der Waals surface area (Å²) in [7, 11) is 1.56. The Labute approximate surface area is 116 Å². The van der Waals surface area contributed by atoms with Crippen LogP contribution in [-0.2, 0) is 16.1 Å². The standard InChI is InChI=1S/C13H17N5O2/c1-10(17-5-3-4-6-17)13(20)16-11-7-15-18(8-11)9-12(19)14-2/h3-8,10H,9H2,1-2H3,(H,14,19)(H,16,20). The fraction of sp³-hybridized carbons (Fsp3) is 0.308. The van der Waals surface area contributed by atoms with E-state index in [0.717, 1.165) is 0 Å². The summed E-state index contributed by atoms with van der Waals surface area (Å²) in [6.07, 6.45) is 6.80. The van der Waals surface area contributed by atoms with E-state index < -0.39 is 0 Å². The van der Waals surface area contributed by atoms with Gasteiger partial charge < -0.3 is 15.2 Å². The third kappa shape index (κ3) is 3.25. The maximum Gasteiger partial charge on any atom is 0.247 e. The van der Waals surface area contributed by atoms with Gasteiger partial charge in [-0.3, -0.25) is 14.3 Å². The Morgan fingerprint density at radius 2 is 2.05 bits per heavy atom. The lowest BCUT2D eigenvalue weighted by atomic mass is 10.3. The van der Waals surface area contributed by atoms with Crippen molar-refractivity contribution in [1.82, 2.24) is 19.7 Å². The minimum Gasteiger partial charge on any atom is -0.358 e. The molecule has 0 aliphatic heterocycles. The van der Waals surface area contributed by atoms with Crippen LogP contribution in [0.4, 0.5) is 5.69 Å². The topological polar surface area (TPSA) is 81.0 Å². The Balaban J connectivity index is 1.96. The van der Waals surface area contributed by atoms with Crippen LogP contribution < -0.4 is 10.6 Å². The lowest BCUT2D eigenvalue weighted by Crippen LogP contribution is -2.24. The number of aromatic nitrogens is 3. The second kappa shape index (κ2) is 6.05. The highest BCUT2D eigenvalue weighted by molar-refractivity contribution is 5.93. The van der Waals surface area contributed by atoms with Crippen LogP contribution >= 0.6 is 0 Å². The largest absolute Gasteiger partial charge is 0.358 e. The van der Waals surface area contributed by atoms with Crippen molar-refractivity contribution < 1.29 is 9.59 Å². The Morgan fingerprint density at radius 1 is 1.35 bits per heavy atom. The molecule has 2 N–H and O–H groups in total. The lowest BCUT2D eigenvalue weighted by Gasteiger charge is -2.12. The summed E-state index contributed by atoms with van der Waals surface area (Å²) >= 11 is 0. The first-order valence-corrected chi connectivity index (χ1v) is 6.26. The monoisotopic (exact) mass is 275 g/mol. The molecule has 2 amide bonds. The third-order valence-electron chi connectivity index (χ3n) is 2.94. The molecule has 0 aromatic carbocycles. The number of hydrogen-bond donors (Lipinski definition) is 2. The highest BCUT2D eigenvalue weighted by Gasteiger charge is 2.14. The SMILES string of the molecule is CNC(=O)Cn1cc(NC(=O)C(C)n2cccc2)cn1. The van der Waals surface area contributed by atoms with Gasteiger partial charge in [-0.05, 0) is 19.1 Å². The Bertz CT molecular complexity index is 588. The van der Waals surface area contributed by atoms with Crippen LogP contribution in [-0.4, -0.2) is 33.2 Å². The molecular formula is C13H17N5O2. The average Bonchev–Trinajstić information content (AvgIpc) is 3.09. The summed E-state index contributed by atoms with van der Waals surface area (Å²) in [5.74, 6) is -0.285. The molecule has 0 spiro atoms. The van der Waals surface area contributed by atoms with Gasteiger partial charge in [0.2, 0.25) is 11.8 Å². The van der Waals surface area contributed by atoms with Gasteiger partial charge in [0.15, 0.2) is 0 Å². The number of hydrogen-bond acceptors (Lipinski definition) is 3. The molecule has 0 radical (unpaired) electrons. The minimum atomic E-state index is -0.313. The van der Waals surface area contributed by atoms with Crippen molar-refractivity contribution in [3.8, 4) is 0 Å². The van der Waals surface area contributed by atoms with E-state index in [0.29, 0.717) is 5.69 Å². The summed E-state index contributed by atoms with van der Waals surface area (Å²) < 4.78 is 3.28. The Morgan fingerprint density at radius 3 is 2.70 bits per heavy atom. The van der Waals surface area contributed by atoms with Crippen molar-refractivity contribution in [1.29, 1.82) is 0 Å². The molecule has 0 saturated heterocycles. The summed E-state index contributed by atoms with van der Waals surface area (Å²) in [5.41, 5.74) is 0.568. The average molecular weight is 275 g/mol. The van der Waals surface area contributed by atoms with Gasteiger partial charge in [-0.15, -0.1) is 0 Å². The van der Waals surface area contributed by atoms with E-state index in [9.17, 15) is 9.59 Å². The van der Waals surface area contributed by atoms with Crippen molar-refractivity contribution in [3.05, 3.63) is 36.9 Å². The van der Waals surface area contributed by atoms with E-state index in [1.54, 1.807) is 13.2 Å². The van der Waals surface area contributed by atoms with E-state index in [1.807, 2.05) is 36.0 Å². The van der Waals surface area contributed by atoms with Crippen LogP contribution in [0.3, 0.4) is 0 Å². The second-order valence-corrected chi connectivity index (χ2v) is 4.40. The number of nitrogens with one attached hydrogen (secondary N) is 2. The molecule has 1 atom stereocenters. The lowest BCUT2D eigenvalue weighted by molar-refractivity contribution is -0.121. The smallest absolute Gasteiger partial charge is 0.247 e. The molecule has 2 rings (SSSR count). The maximum atomic E-state index is 12.1. The minimum absolute atomic E-state index is 0.125. The molecule has 7 nitrogen and oxygen atoms in total. The van der Waals surface area contributed by atoms with Gasteiger partial charge >= 0.3 is 0 Å². The van der Waals surface area contributed by atoms with Crippen LogP contribution in [0.15, 0.2) is 36.9 Å². The number of anilines is 1. The molecule has 0 bridgehead atoms. The number of amides is 2. The zero-order valence-corrected chi connectivity index (χ0v) is 11.4. The maximum absolute atomic E-state index is 12.1. The predicted molar refractivity (Wildman–Crippen MR) is 74.1 cm³/mol. The predicted octanol–water partition coefficient (Wildman–Crippen LogP) is 0.630. The quantitative estimate of drug-likeness (QED) is 0.839. The third-order valence-corrected chi connectivity index (χ3v) is 2.94. The first-order chi connectivity index (χ1) is 9.60. The number of nitrogens with zero attached hydrogens (tertiary/aromatic N) is 3. The summed E-state index contributed by atoms with van der Waals surface area (Å²) in [5, 5.41) is 9.29. The fourth-order valence-electron chi connectivity index (χ4n) is 1.73. The van der Waals surface area contributed by atoms with Crippen LogP contribution in [0.25, 0.3) is 0 Å². The van der Waals surface area contributed by atoms with E-state index in [-0.39, 0.29) is 24.4 Å². The number of likely N-dealkylation sites (N-methyl/N-ethyl adjacent to an activating group) is 1. The highest BCUT2D eigenvalue weighted by Crippen LogP contribution is 2.11. The normalized spacial score (nSPS) is 11.9. The first kappa shape index (κ1) is 13.9. The van der Waals surface area contributed by atoms with Gasteiger partial charge in [0.1, 0.15) is 12.6 Å². The molecule has 0 aliphatic carbocycles. The van der Waals surface area contributed by atoms with Gasteiger partial charge in [0.05, 0.1) is 11.9 Å². The van der Waals surface area contributed by atoms with Crippen LogP contribution in [0.5, 0.6) is 0 Å². The number of rotatable bonds is 5. The van der Waals surface area contributed by atoms with Crippen LogP contribution in [0.1, 0.15) is 13.0 Å². The molecule has 0 fully saturated rings. The van der Waals surface area contributed by atoms with E-state index in [1.165, 1.54) is 10.9 Å². The fourth-order valence-corrected chi connectivity index (χ4v) is 1.73. The van der Waals surface area contributed by atoms with Crippen molar-refractivity contribution in [2.24, 2.45) is 0 Å². The zero-order chi connectivity index (χ0) is 14.5. The number of carbonyl (C=O) groups excluding carboxylic acids is 2. The molecule has 20 heavy (non-hydrogen) atoms. The molecule has 7 heteroatoms. The Kier molecular flexibility index (Phi) is 4.19. The second-order valence-electron chi connectivity index (χ2n) is 4.40. The van der Waals surface area contributed by atoms with E-state index >= 15 is 0 Å². The summed E-state index contributed by atoms with van der Waals surface area (Å²) in [6.45, 7) is 1.93. The molecule has 2 aromatic heterocycles. The zero-order valence-electron chi connectivity index (χ0n) is 11.4. The van der Waals surface area contributed by atoms with Gasteiger partial charge in [0.25, 0.3) is 0 Å². The summed E-state index contributed by atoms with van der Waals surface area (Å²) in [4.78, 5) is 23.3. The van der Waals surface area contributed by atoms with Gasteiger partial charge in [-0.1, -0.05) is 0 Å². The number of carbonyl (C=O) groups is 2. The van der Waals surface area contributed by atoms with Crippen molar-refractivity contribution in [3.63, 3.8) is 0 Å². The Hall–Kier alpha value is -2.57. The van der Waals surface area contributed by atoms with Crippen LogP contribution in [0.2, 0.25) is 0 Å². The van der Waals surface area contributed by atoms with Gasteiger partial charge in [-0.25, -0.2) is 0 Å². The summed E-state index contributed by atoms with van der Waals surface area (Å²) in [6, 6.07) is 3.42. The van der Waals surface area contributed by atoms with Gasteiger partial charge in [-0.2, -0.15) is 5.10 Å². The molecule has 2 aromatic rings. The van der Waals surface area contributed by atoms with E-state index in [4.69, 9.17) is 0 Å². The van der Waals surface area contributed by atoms with Crippen LogP contribution in [0, 0.1) is 0 Å². The van der Waals surface area contributed by atoms with Crippen molar-refractivity contribution in [2.45, 2.75) is 19.5 Å². The molecule has 106 valence electrons.